The second-order valence-corrected chi connectivity index (χ2v) is 27.7. The molecule has 4 saturated heterocycles. The fourth-order valence-electron chi connectivity index (χ4n) is 15.0. The van der Waals surface area contributed by atoms with Crippen molar-refractivity contribution in [1.82, 2.24) is 39.9 Å². The quantitative estimate of drug-likeness (QED) is 0.0750. The number of anilines is 3. The van der Waals surface area contributed by atoms with Gasteiger partial charge in [0.05, 0.1) is 30.5 Å². The summed E-state index contributed by atoms with van der Waals surface area (Å²) >= 11 is 6.77. The first-order valence-electron chi connectivity index (χ1n) is 33.6. The summed E-state index contributed by atoms with van der Waals surface area (Å²) < 4.78 is 51.5. The smallest absolute Gasteiger partial charge is 0.257 e. The van der Waals surface area contributed by atoms with E-state index >= 15 is 4.39 Å². The number of hydrogen-bond donors (Lipinski definition) is 1. The third-order valence-corrected chi connectivity index (χ3v) is 21.1. The number of carbonyl (C=O) groups excluding carboxylic acids is 3. The lowest BCUT2D eigenvalue weighted by Gasteiger charge is -2.41. The van der Waals surface area contributed by atoms with Crippen molar-refractivity contribution in [3.63, 3.8) is 0 Å². The van der Waals surface area contributed by atoms with Crippen LogP contribution in [0, 0.1) is 34.7 Å². The highest BCUT2D eigenvalue weighted by atomic mass is 79.9. The van der Waals surface area contributed by atoms with Gasteiger partial charge in [0.1, 0.15) is 39.1 Å². The lowest BCUT2D eigenvalue weighted by Crippen LogP contribution is -2.51. The van der Waals surface area contributed by atoms with E-state index in [0.717, 1.165) is 104 Å². The minimum Gasteiger partial charge on any atom is -0.494 e. The van der Waals surface area contributed by atoms with Gasteiger partial charge >= 0.3 is 0 Å². The highest BCUT2D eigenvalue weighted by Crippen LogP contribution is 2.37. The van der Waals surface area contributed by atoms with E-state index < -0.39 is 34.8 Å². The number of methoxy groups -OCH3 is 1. The molecule has 3 amide bonds. The molecule has 8 aliphatic rings. The summed E-state index contributed by atoms with van der Waals surface area (Å²) in [6, 6.07) is 32.7. The molecule has 3 aliphatic carbocycles. The predicted molar refractivity (Wildman–Crippen MR) is 366 cm³/mol. The van der Waals surface area contributed by atoms with E-state index in [0.29, 0.717) is 39.7 Å². The van der Waals surface area contributed by atoms with E-state index in [9.17, 15) is 23.2 Å². The van der Waals surface area contributed by atoms with Crippen molar-refractivity contribution in [2.75, 3.05) is 107 Å². The molecule has 93 heavy (non-hydrogen) atoms. The zero-order valence-corrected chi connectivity index (χ0v) is 56.4. The van der Waals surface area contributed by atoms with Gasteiger partial charge in [0.25, 0.3) is 5.91 Å². The summed E-state index contributed by atoms with van der Waals surface area (Å²) in [5.74, 6) is 5.21. The lowest BCUT2D eigenvalue weighted by molar-refractivity contribution is -0.127. The Labute approximate surface area is 562 Å². The van der Waals surface area contributed by atoms with Gasteiger partial charge in [-0.25, -0.2) is 28.1 Å². The maximum Gasteiger partial charge on any atom is 0.257 e. The number of halogens is 5. The van der Waals surface area contributed by atoms with Crippen molar-refractivity contribution in [3.8, 4) is 40.1 Å². The van der Waals surface area contributed by atoms with Crippen molar-refractivity contribution >= 4 is 67.0 Å². The van der Waals surface area contributed by atoms with Crippen molar-refractivity contribution < 1.29 is 32.3 Å². The van der Waals surface area contributed by atoms with Gasteiger partial charge in [-0.2, -0.15) is 0 Å². The maximum absolute atomic E-state index is 15.6. The average molecular weight is 1400 g/mol. The molecule has 6 aromatic rings. The van der Waals surface area contributed by atoms with Crippen LogP contribution < -0.4 is 24.8 Å². The molecule has 7 fully saturated rings. The summed E-state index contributed by atoms with van der Waals surface area (Å²) in [6.07, 6.45) is 20.3. The molecule has 3 aromatic heterocycles. The van der Waals surface area contributed by atoms with E-state index in [1.54, 1.807) is 30.3 Å². The summed E-state index contributed by atoms with van der Waals surface area (Å²) in [5, 5.41) is 2.28. The van der Waals surface area contributed by atoms with Gasteiger partial charge in [0.15, 0.2) is 11.6 Å². The highest BCUT2D eigenvalue weighted by Gasteiger charge is 2.49. The molecular weight excluding hydrogens is 1310 g/mol. The van der Waals surface area contributed by atoms with Crippen LogP contribution in [0.5, 0.6) is 5.75 Å². The minimum atomic E-state index is -1.58. The lowest BCUT2D eigenvalue weighted by atomic mass is 9.85. The Hall–Kier alpha value is -6.89. The molecule has 490 valence electrons. The first-order valence-corrected chi connectivity index (χ1v) is 35.2. The van der Waals surface area contributed by atoms with Crippen LogP contribution in [0.25, 0.3) is 22.5 Å². The van der Waals surface area contributed by atoms with Crippen molar-refractivity contribution in [2.24, 2.45) is 5.41 Å². The molecule has 14 rings (SSSR count). The largest absolute Gasteiger partial charge is 0.494 e. The number of nitrogens with one attached hydrogen (secondary N) is 1. The predicted octanol–water partition coefficient (Wildman–Crippen LogP) is 12.9. The van der Waals surface area contributed by atoms with Crippen molar-refractivity contribution in [1.29, 1.82) is 0 Å². The van der Waals surface area contributed by atoms with E-state index in [4.69, 9.17) is 14.7 Å². The molecule has 3 aromatic carbocycles. The van der Waals surface area contributed by atoms with Crippen LogP contribution in [-0.4, -0.2) is 163 Å². The van der Waals surface area contributed by atoms with Crippen LogP contribution in [0.15, 0.2) is 112 Å². The fraction of sp³-hybridized carbons (Fsp3) is 0.479. The Morgan fingerprint density at radius 1 is 0.559 bits per heavy atom. The normalized spacial score (nSPS) is 21.3. The van der Waals surface area contributed by atoms with E-state index in [2.05, 4.69) is 95.5 Å². The van der Waals surface area contributed by atoms with E-state index in [1.807, 2.05) is 42.5 Å². The number of carbonyl (C=O) groups is 3. The van der Waals surface area contributed by atoms with Gasteiger partial charge in [-0.1, -0.05) is 110 Å². The van der Waals surface area contributed by atoms with E-state index in [-0.39, 0.29) is 36.6 Å². The number of fused-ring (bicyclic) bond motifs is 1. The second kappa shape index (κ2) is 30.7. The number of imide groups is 1. The minimum absolute atomic E-state index is 0.0472. The number of piperazine rings is 3. The van der Waals surface area contributed by atoms with Gasteiger partial charge in [0, 0.05) is 131 Å². The molecule has 0 unspecified atom stereocenters. The molecule has 0 spiro atoms. The Morgan fingerprint density at radius 3 is 1.48 bits per heavy atom. The van der Waals surface area contributed by atoms with Crippen LogP contribution in [0.4, 0.5) is 30.6 Å². The fourth-order valence-corrected chi connectivity index (χ4v) is 15.6. The Morgan fingerprint density at radius 2 is 1.03 bits per heavy atom. The molecule has 5 aliphatic heterocycles. The molecule has 20 heteroatoms. The second-order valence-electron chi connectivity index (χ2n) is 26.0. The summed E-state index contributed by atoms with van der Waals surface area (Å²) in [6.45, 7) is 12.3. The van der Waals surface area contributed by atoms with Gasteiger partial charge in [-0.05, 0) is 139 Å². The SMILES string of the molecule is Brc1cccc(N2CCN(C3CCCCC3)CC2)n1.COc1ccc2c(c1F)C(=O)N(C[C@@]1(C#Cc3ccc(-c4cccc(N5CCN(C6CCCCC6)CC5)n4)c(F)c3)CC(=O)NC1=O)C2.Fc1cc(Br)ccc1-c1cccc(N2CCN(C3CCCCC3)CC2)n1. The summed E-state index contributed by atoms with van der Waals surface area (Å²) in [7, 11) is 1.31. The average Bonchev–Trinajstić information content (AvgIpc) is 1.75. The first kappa shape index (κ1) is 66.1. The van der Waals surface area contributed by atoms with Crippen LogP contribution in [0.2, 0.25) is 0 Å². The molecule has 1 atom stereocenters. The Kier molecular flexibility index (Phi) is 21.8. The van der Waals surface area contributed by atoms with Gasteiger partial charge in [-0.15, -0.1) is 0 Å². The molecular formula is C73H84Br2F3N11O4. The molecule has 8 heterocycles. The number of nitrogens with zero attached hydrogens (tertiary/aromatic N) is 10. The summed E-state index contributed by atoms with van der Waals surface area (Å²) in [5.41, 5.74) is 1.11. The number of rotatable bonds is 11. The van der Waals surface area contributed by atoms with Crippen LogP contribution in [0.1, 0.15) is 124 Å². The highest BCUT2D eigenvalue weighted by molar-refractivity contribution is 9.10. The standard InChI is InChI=1S/C37H37F2N5O4.C21H25BrFN3.C15H22BrN3/c1-48-30-13-11-25-22-44(35(46)33(25)34(30)39)23-37(21-32(45)41-36(37)47)15-14-24-10-12-27(28(38)20-24)29-8-5-9-31(40-29)43-18-16-42(17-19-43)26-6-3-2-4-7-26;22-16-9-10-18(19(23)15-16)20-7-4-8-21(24-20)26-13-11-25(12-14-26)17-5-2-1-3-6-17;16-14-7-4-8-15(17-14)19-11-9-18(10-12-19)13-5-2-1-3-6-13/h5,8-13,20,26H,2-4,6-7,16-19,21-23H2,1H3,(H,41,45,47);4,7-10,15,17H,1-3,5-6,11-14H2;4,7-8,13H,1-3,5-6,9-12H2/t37-;;/m1../s1. The number of pyridine rings is 3. The maximum atomic E-state index is 15.6. The molecule has 15 nitrogen and oxygen atoms in total. The monoisotopic (exact) mass is 1390 g/mol. The number of amides is 3. The zero-order chi connectivity index (χ0) is 64.4. The third kappa shape index (κ3) is 15.9. The molecule has 0 bridgehead atoms. The third-order valence-electron chi connectivity index (χ3n) is 20.1. The molecule has 3 saturated carbocycles. The molecule has 0 radical (unpaired) electrons. The Balaban J connectivity index is 0.000000153. The van der Waals surface area contributed by atoms with Crippen LogP contribution in [0.3, 0.4) is 0 Å². The Bertz CT molecular complexity index is 3680. The van der Waals surface area contributed by atoms with Crippen LogP contribution >= 0.6 is 31.9 Å². The van der Waals surface area contributed by atoms with Gasteiger partial charge < -0.3 is 24.3 Å². The number of hydrogen-bond acceptors (Lipinski definition) is 13. The topological polar surface area (TPSA) is 134 Å². The first-order chi connectivity index (χ1) is 45.3. The molecule has 1 N–H and O–H groups in total. The number of benzene rings is 3. The zero-order valence-electron chi connectivity index (χ0n) is 53.3. The van der Waals surface area contributed by atoms with Crippen molar-refractivity contribution in [3.05, 3.63) is 146 Å². The number of aromatic nitrogens is 3. The van der Waals surface area contributed by atoms with E-state index in [1.165, 1.54) is 140 Å². The van der Waals surface area contributed by atoms with Gasteiger partial charge in [-0.3, -0.25) is 34.4 Å². The van der Waals surface area contributed by atoms with Crippen molar-refractivity contribution in [2.45, 2.75) is 127 Å². The summed E-state index contributed by atoms with van der Waals surface area (Å²) in [4.78, 5) is 69.0. The van der Waals surface area contributed by atoms with Crippen LogP contribution in [-0.2, 0) is 16.1 Å². The van der Waals surface area contributed by atoms with Gasteiger partial charge in [0.2, 0.25) is 11.8 Å². The number of ether oxygens (including phenoxy) is 1.